The Kier molecular flexibility index (Phi) is 5.72. The summed E-state index contributed by atoms with van der Waals surface area (Å²) in [6.07, 6.45) is 0. The molecule has 1 saturated heterocycles. The van der Waals surface area contributed by atoms with Crippen LogP contribution in [0.25, 0.3) is 0 Å². The quantitative estimate of drug-likeness (QED) is 0.871. The monoisotopic (exact) mass is 273 g/mol. The van der Waals surface area contributed by atoms with Crippen molar-refractivity contribution in [2.45, 2.75) is 5.92 Å². The molecule has 1 aliphatic rings. The van der Waals surface area contributed by atoms with Crippen molar-refractivity contribution in [3.05, 3.63) is 23.8 Å². The van der Waals surface area contributed by atoms with E-state index in [4.69, 9.17) is 9.47 Å². The molecule has 1 aliphatic heterocycles. The molecule has 2 atom stereocenters. The molecule has 0 radical (unpaired) electrons. The zero-order chi connectivity index (χ0) is 12.3. The molecule has 1 aromatic carbocycles. The Morgan fingerprint density at radius 3 is 2.28 bits per heavy atom. The number of hydrogen-bond acceptors (Lipinski definition) is 4. The number of aliphatic hydroxyl groups is 1. The molecule has 18 heavy (non-hydrogen) atoms. The minimum atomic E-state index is 0. The SMILES string of the molecule is COc1cc(OC)cc(C2CNCC2CO)c1.Cl. The lowest BCUT2D eigenvalue weighted by Gasteiger charge is -2.18. The Labute approximate surface area is 114 Å². The van der Waals surface area contributed by atoms with Gasteiger partial charge in [0.1, 0.15) is 11.5 Å². The first kappa shape index (κ1) is 15.1. The number of aliphatic hydroxyl groups excluding tert-OH is 1. The van der Waals surface area contributed by atoms with E-state index < -0.39 is 0 Å². The van der Waals surface area contributed by atoms with E-state index in [0.29, 0.717) is 5.92 Å². The zero-order valence-electron chi connectivity index (χ0n) is 10.7. The van der Waals surface area contributed by atoms with E-state index in [1.165, 1.54) is 0 Å². The number of rotatable bonds is 4. The molecule has 2 unspecified atom stereocenters. The highest BCUT2D eigenvalue weighted by Crippen LogP contribution is 2.33. The van der Waals surface area contributed by atoms with Gasteiger partial charge in [0, 0.05) is 37.6 Å². The van der Waals surface area contributed by atoms with E-state index in [1.54, 1.807) is 14.2 Å². The van der Waals surface area contributed by atoms with Crippen molar-refractivity contribution in [3.8, 4) is 11.5 Å². The third-order valence-corrected chi connectivity index (χ3v) is 3.38. The van der Waals surface area contributed by atoms with Crippen molar-refractivity contribution in [2.75, 3.05) is 33.9 Å². The largest absolute Gasteiger partial charge is 0.497 e. The predicted octanol–water partition coefficient (Wildman–Crippen LogP) is 1.42. The van der Waals surface area contributed by atoms with Gasteiger partial charge in [-0.1, -0.05) is 0 Å². The van der Waals surface area contributed by atoms with Crippen molar-refractivity contribution in [1.82, 2.24) is 5.32 Å². The van der Waals surface area contributed by atoms with Gasteiger partial charge < -0.3 is 19.9 Å². The molecule has 1 fully saturated rings. The van der Waals surface area contributed by atoms with E-state index in [2.05, 4.69) is 5.32 Å². The van der Waals surface area contributed by atoms with Gasteiger partial charge in [-0.3, -0.25) is 0 Å². The fraction of sp³-hybridized carbons (Fsp3) is 0.538. The first-order valence-electron chi connectivity index (χ1n) is 5.83. The van der Waals surface area contributed by atoms with Crippen LogP contribution in [-0.4, -0.2) is 39.0 Å². The second kappa shape index (κ2) is 6.83. The summed E-state index contributed by atoms with van der Waals surface area (Å²) < 4.78 is 10.5. The van der Waals surface area contributed by atoms with Crippen LogP contribution < -0.4 is 14.8 Å². The van der Waals surface area contributed by atoms with E-state index in [-0.39, 0.29) is 24.9 Å². The van der Waals surface area contributed by atoms with Crippen LogP contribution in [0.2, 0.25) is 0 Å². The van der Waals surface area contributed by atoms with Crippen LogP contribution in [0.15, 0.2) is 18.2 Å². The molecule has 0 bridgehead atoms. The van der Waals surface area contributed by atoms with Crippen molar-refractivity contribution in [3.63, 3.8) is 0 Å². The Morgan fingerprint density at radius 2 is 1.78 bits per heavy atom. The van der Waals surface area contributed by atoms with Crippen LogP contribution in [0.1, 0.15) is 11.5 Å². The molecule has 1 aromatic rings. The lowest BCUT2D eigenvalue weighted by atomic mass is 9.89. The topological polar surface area (TPSA) is 50.7 Å². The van der Waals surface area contributed by atoms with Gasteiger partial charge in [0.15, 0.2) is 0 Å². The molecule has 2 N–H and O–H groups in total. The second-order valence-electron chi connectivity index (χ2n) is 4.35. The third kappa shape index (κ3) is 3.07. The summed E-state index contributed by atoms with van der Waals surface area (Å²) in [6, 6.07) is 5.89. The number of benzene rings is 1. The minimum Gasteiger partial charge on any atom is -0.497 e. The fourth-order valence-electron chi connectivity index (χ4n) is 2.36. The summed E-state index contributed by atoms with van der Waals surface area (Å²) in [7, 11) is 3.30. The molecular formula is C13H20ClNO3. The molecule has 1 heterocycles. The lowest BCUT2D eigenvalue weighted by molar-refractivity contribution is 0.226. The van der Waals surface area contributed by atoms with Gasteiger partial charge in [0.2, 0.25) is 0 Å². The number of hydrogen-bond donors (Lipinski definition) is 2. The maximum atomic E-state index is 9.35. The van der Waals surface area contributed by atoms with Gasteiger partial charge in [0.05, 0.1) is 14.2 Å². The van der Waals surface area contributed by atoms with E-state index in [9.17, 15) is 5.11 Å². The first-order valence-corrected chi connectivity index (χ1v) is 5.83. The Hall–Kier alpha value is -0.970. The summed E-state index contributed by atoms with van der Waals surface area (Å²) in [6.45, 7) is 1.96. The van der Waals surface area contributed by atoms with Gasteiger partial charge in [-0.2, -0.15) is 0 Å². The van der Waals surface area contributed by atoms with Crippen LogP contribution in [0, 0.1) is 5.92 Å². The summed E-state index contributed by atoms with van der Waals surface area (Å²) in [5.74, 6) is 2.18. The summed E-state index contributed by atoms with van der Waals surface area (Å²) in [4.78, 5) is 0. The molecule has 0 aromatic heterocycles. The summed E-state index contributed by atoms with van der Waals surface area (Å²) in [5, 5.41) is 12.7. The summed E-state index contributed by atoms with van der Waals surface area (Å²) in [5.41, 5.74) is 1.16. The van der Waals surface area contributed by atoms with Crippen molar-refractivity contribution >= 4 is 12.4 Å². The van der Waals surface area contributed by atoms with E-state index in [1.807, 2.05) is 18.2 Å². The van der Waals surface area contributed by atoms with Gasteiger partial charge in [0.25, 0.3) is 0 Å². The van der Waals surface area contributed by atoms with E-state index in [0.717, 1.165) is 30.2 Å². The summed E-state index contributed by atoms with van der Waals surface area (Å²) >= 11 is 0. The van der Waals surface area contributed by atoms with Gasteiger partial charge in [-0.05, 0) is 17.7 Å². The molecule has 5 heteroatoms. The van der Waals surface area contributed by atoms with E-state index >= 15 is 0 Å². The van der Waals surface area contributed by atoms with Crippen LogP contribution >= 0.6 is 12.4 Å². The fourth-order valence-corrected chi connectivity index (χ4v) is 2.36. The third-order valence-electron chi connectivity index (χ3n) is 3.38. The number of nitrogens with one attached hydrogen (secondary N) is 1. The number of ether oxygens (including phenoxy) is 2. The molecular weight excluding hydrogens is 254 g/mol. The first-order chi connectivity index (χ1) is 8.28. The van der Waals surface area contributed by atoms with Crippen LogP contribution in [0.4, 0.5) is 0 Å². The Morgan fingerprint density at radius 1 is 1.17 bits per heavy atom. The molecule has 0 aliphatic carbocycles. The Bertz CT molecular complexity index is 364. The van der Waals surface area contributed by atoms with Gasteiger partial charge in [-0.25, -0.2) is 0 Å². The number of methoxy groups -OCH3 is 2. The Balaban J connectivity index is 0.00000162. The zero-order valence-corrected chi connectivity index (χ0v) is 11.5. The predicted molar refractivity (Wildman–Crippen MR) is 73.0 cm³/mol. The molecule has 4 nitrogen and oxygen atoms in total. The average molecular weight is 274 g/mol. The minimum absolute atomic E-state index is 0. The second-order valence-corrected chi connectivity index (χ2v) is 4.35. The highest BCUT2D eigenvalue weighted by molar-refractivity contribution is 5.85. The van der Waals surface area contributed by atoms with Crippen LogP contribution in [0.5, 0.6) is 11.5 Å². The van der Waals surface area contributed by atoms with Crippen LogP contribution in [0.3, 0.4) is 0 Å². The highest BCUT2D eigenvalue weighted by atomic mass is 35.5. The normalized spacial score (nSPS) is 22.4. The van der Waals surface area contributed by atoms with Crippen molar-refractivity contribution < 1.29 is 14.6 Å². The number of halogens is 1. The highest BCUT2D eigenvalue weighted by Gasteiger charge is 2.28. The standard InChI is InChI=1S/C13H19NO3.ClH/c1-16-11-3-9(4-12(5-11)17-2)13-7-14-6-10(13)8-15;/h3-5,10,13-15H,6-8H2,1-2H3;1H. The van der Waals surface area contributed by atoms with Crippen molar-refractivity contribution in [1.29, 1.82) is 0 Å². The molecule has 0 amide bonds. The molecule has 0 saturated carbocycles. The van der Waals surface area contributed by atoms with Crippen molar-refractivity contribution in [2.24, 2.45) is 5.92 Å². The smallest absolute Gasteiger partial charge is 0.122 e. The maximum absolute atomic E-state index is 9.35. The molecule has 2 rings (SSSR count). The van der Waals surface area contributed by atoms with Crippen LogP contribution in [-0.2, 0) is 0 Å². The van der Waals surface area contributed by atoms with Gasteiger partial charge >= 0.3 is 0 Å². The molecule has 102 valence electrons. The lowest BCUT2D eigenvalue weighted by Crippen LogP contribution is -2.15. The average Bonchev–Trinajstić information content (AvgIpc) is 2.86. The maximum Gasteiger partial charge on any atom is 0.122 e. The van der Waals surface area contributed by atoms with Gasteiger partial charge in [-0.15, -0.1) is 12.4 Å². The molecule has 0 spiro atoms.